The Labute approximate surface area is 75.0 Å². The van der Waals surface area contributed by atoms with Gasteiger partial charge in [0.15, 0.2) is 0 Å². The Kier molecular flexibility index (Phi) is 1.56. The highest BCUT2D eigenvalue weighted by molar-refractivity contribution is 5.21. The van der Waals surface area contributed by atoms with Gasteiger partial charge < -0.3 is 0 Å². The lowest BCUT2D eigenvalue weighted by atomic mass is 9.79. The first kappa shape index (κ1) is 7.17. The van der Waals surface area contributed by atoms with Crippen molar-refractivity contribution in [3.8, 4) is 0 Å². The molecule has 3 atom stereocenters. The highest BCUT2D eigenvalue weighted by atomic mass is 14.4. The van der Waals surface area contributed by atoms with Crippen LogP contribution in [0.2, 0.25) is 0 Å². The van der Waals surface area contributed by atoms with E-state index in [1.54, 1.807) is 0 Å². The fraction of sp³-hybridized carbons (Fsp3) is 0.833. The molecule has 66 valence electrons. The average Bonchev–Trinajstić information content (AvgIpc) is 2.62. The quantitative estimate of drug-likeness (QED) is 0.478. The number of hydrogen-bond acceptors (Lipinski definition) is 0. The third-order valence-electron chi connectivity index (χ3n) is 4.28. The Bertz CT molecular complexity index is 214. The van der Waals surface area contributed by atoms with Gasteiger partial charge in [-0.3, -0.25) is 0 Å². The van der Waals surface area contributed by atoms with Crippen molar-refractivity contribution in [2.75, 3.05) is 0 Å². The van der Waals surface area contributed by atoms with Crippen LogP contribution in [0.15, 0.2) is 11.6 Å². The molecule has 2 fully saturated rings. The van der Waals surface area contributed by atoms with E-state index in [1.807, 2.05) is 5.57 Å². The molecule has 0 saturated heterocycles. The van der Waals surface area contributed by atoms with E-state index in [2.05, 4.69) is 6.08 Å². The summed E-state index contributed by atoms with van der Waals surface area (Å²) in [6.45, 7) is 0. The molecule has 0 aliphatic heterocycles. The zero-order valence-electron chi connectivity index (χ0n) is 7.76. The molecular weight excluding hydrogens is 144 g/mol. The topological polar surface area (TPSA) is 0 Å². The van der Waals surface area contributed by atoms with Crippen LogP contribution in [0.25, 0.3) is 0 Å². The molecule has 3 aliphatic rings. The van der Waals surface area contributed by atoms with Crippen molar-refractivity contribution >= 4 is 0 Å². The van der Waals surface area contributed by atoms with Crippen molar-refractivity contribution in [3.05, 3.63) is 11.6 Å². The van der Waals surface area contributed by atoms with E-state index in [-0.39, 0.29) is 0 Å². The van der Waals surface area contributed by atoms with Crippen LogP contribution in [0.4, 0.5) is 0 Å². The molecule has 0 aromatic carbocycles. The normalized spacial score (nSPS) is 45.3. The SMILES string of the molecule is C1=C2CCCCC2C2CCCC12. The number of fused-ring (bicyclic) bond motifs is 3. The molecule has 0 bridgehead atoms. The minimum Gasteiger partial charge on any atom is -0.0816 e. The molecule has 0 aromatic heterocycles. The van der Waals surface area contributed by atoms with Crippen molar-refractivity contribution < 1.29 is 0 Å². The lowest BCUT2D eigenvalue weighted by Gasteiger charge is -2.26. The predicted octanol–water partition coefficient (Wildman–Crippen LogP) is 3.53. The van der Waals surface area contributed by atoms with Crippen LogP contribution in [0.5, 0.6) is 0 Å². The minimum atomic E-state index is 1.02. The van der Waals surface area contributed by atoms with Gasteiger partial charge in [-0.1, -0.05) is 24.5 Å². The van der Waals surface area contributed by atoms with Gasteiger partial charge in [-0.25, -0.2) is 0 Å². The van der Waals surface area contributed by atoms with Gasteiger partial charge >= 0.3 is 0 Å². The minimum absolute atomic E-state index is 1.02. The first-order valence-corrected chi connectivity index (χ1v) is 5.66. The van der Waals surface area contributed by atoms with Crippen molar-refractivity contribution in [1.82, 2.24) is 0 Å². The van der Waals surface area contributed by atoms with Crippen LogP contribution in [-0.2, 0) is 0 Å². The molecule has 2 saturated carbocycles. The molecule has 3 aliphatic carbocycles. The maximum Gasteiger partial charge on any atom is -0.0169 e. The van der Waals surface area contributed by atoms with Gasteiger partial charge in [-0.2, -0.15) is 0 Å². The number of hydrogen-bond donors (Lipinski definition) is 0. The number of allylic oxidation sites excluding steroid dienone is 2. The second-order valence-electron chi connectivity index (χ2n) is 4.85. The van der Waals surface area contributed by atoms with E-state index >= 15 is 0 Å². The molecule has 0 heterocycles. The second kappa shape index (κ2) is 2.61. The summed E-state index contributed by atoms with van der Waals surface area (Å²) in [7, 11) is 0. The van der Waals surface area contributed by atoms with Crippen molar-refractivity contribution in [1.29, 1.82) is 0 Å². The van der Waals surface area contributed by atoms with Crippen LogP contribution < -0.4 is 0 Å². The zero-order chi connectivity index (χ0) is 7.97. The van der Waals surface area contributed by atoms with Gasteiger partial charge in [0.05, 0.1) is 0 Å². The van der Waals surface area contributed by atoms with Gasteiger partial charge in [0.1, 0.15) is 0 Å². The second-order valence-corrected chi connectivity index (χ2v) is 4.85. The van der Waals surface area contributed by atoms with Gasteiger partial charge in [0.2, 0.25) is 0 Å². The largest absolute Gasteiger partial charge is 0.0816 e. The Morgan fingerprint density at radius 2 is 2.00 bits per heavy atom. The maximum absolute atomic E-state index is 2.65. The predicted molar refractivity (Wildman–Crippen MR) is 50.9 cm³/mol. The Morgan fingerprint density at radius 3 is 3.00 bits per heavy atom. The summed E-state index contributed by atoms with van der Waals surface area (Å²) in [6, 6.07) is 0. The molecule has 0 N–H and O–H groups in total. The summed E-state index contributed by atoms with van der Waals surface area (Å²) in [4.78, 5) is 0. The molecule has 0 radical (unpaired) electrons. The molecular formula is C12H18. The summed E-state index contributed by atoms with van der Waals surface area (Å²) in [6.07, 6.45) is 13.1. The van der Waals surface area contributed by atoms with Gasteiger partial charge in [-0.15, -0.1) is 0 Å². The Hall–Kier alpha value is -0.260. The highest BCUT2D eigenvalue weighted by Crippen LogP contribution is 2.51. The summed E-state index contributed by atoms with van der Waals surface area (Å²) in [5, 5.41) is 0. The van der Waals surface area contributed by atoms with Crippen LogP contribution >= 0.6 is 0 Å². The van der Waals surface area contributed by atoms with Gasteiger partial charge in [-0.05, 0) is 49.9 Å². The fourth-order valence-electron chi connectivity index (χ4n) is 3.76. The molecule has 0 amide bonds. The Balaban J connectivity index is 1.87. The third kappa shape index (κ3) is 0.901. The molecule has 0 aromatic rings. The number of rotatable bonds is 0. The van der Waals surface area contributed by atoms with Gasteiger partial charge in [0, 0.05) is 0 Å². The summed E-state index contributed by atoms with van der Waals surface area (Å²) >= 11 is 0. The van der Waals surface area contributed by atoms with Crippen molar-refractivity contribution in [2.45, 2.75) is 44.9 Å². The van der Waals surface area contributed by atoms with E-state index in [1.165, 1.54) is 44.9 Å². The first-order valence-electron chi connectivity index (χ1n) is 5.66. The first-order chi connectivity index (χ1) is 5.95. The van der Waals surface area contributed by atoms with E-state index < -0.39 is 0 Å². The zero-order valence-corrected chi connectivity index (χ0v) is 7.76. The molecule has 0 heteroatoms. The lowest BCUT2D eigenvalue weighted by molar-refractivity contribution is 0.317. The maximum atomic E-state index is 2.65. The van der Waals surface area contributed by atoms with Crippen molar-refractivity contribution in [3.63, 3.8) is 0 Å². The smallest absolute Gasteiger partial charge is 0.0169 e. The van der Waals surface area contributed by atoms with E-state index in [0.717, 1.165) is 17.8 Å². The summed E-state index contributed by atoms with van der Waals surface area (Å²) in [5.74, 6) is 3.16. The molecule has 0 nitrogen and oxygen atoms in total. The summed E-state index contributed by atoms with van der Waals surface area (Å²) < 4.78 is 0. The molecule has 3 unspecified atom stereocenters. The van der Waals surface area contributed by atoms with Crippen molar-refractivity contribution in [2.24, 2.45) is 17.8 Å². The van der Waals surface area contributed by atoms with Crippen LogP contribution in [0, 0.1) is 17.8 Å². The summed E-state index contributed by atoms with van der Waals surface area (Å²) in [5.41, 5.74) is 1.86. The van der Waals surface area contributed by atoms with Crippen LogP contribution in [0.3, 0.4) is 0 Å². The van der Waals surface area contributed by atoms with E-state index in [9.17, 15) is 0 Å². The van der Waals surface area contributed by atoms with E-state index in [4.69, 9.17) is 0 Å². The van der Waals surface area contributed by atoms with E-state index in [0.29, 0.717) is 0 Å². The average molecular weight is 162 g/mol. The fourth-order valence-corrected chi connectivity index (χ4v) is 3.76. The molecule has 3 rings (SSSR count). The lowest BCUT2D eigenvalue weighted by Crippen LogP contribution is -2.15. The van der Waals surface area contributed by atoms with Crippen LogP contribution in [0.1, 0.15) is 44.9 Å². The third-order valence-corrected chi connectivity index (χ3v) is 4.28. The Morgan fingerprint density at radius 1 is 1.00 bits per heavy atom. The molecule has 12 heavy (non-hydrogen) atoms. The molecule has 0 spiro atoms. The highest BCUT2D eigenvalue weighted by Gasteiger charge is 2.39. The van der Waals surface area contributed by atoms with Crippen LogP contribution in [-0.4, -0.2) is 0 Å². The standard InChI is InChI=1S/C12H18/c1-2-6-11-9(4-1)8-10-5-3-7-12(10)11/h8,10-12H,1-7H2. The van der Waals surface area contributed by atoms with Gasteiger partial charge in [0.25, 0.3) is 0 Å². The monoisotopic (exact) mass is 162 g/mol.